The minimum atomic E-state index is -3.56. The van der Waals surface area contributed by atoms with Crippen LogP contribution in [0, 0.1) is 0 Å². The molecule has 1 aromatic carbocycles. The molecule has 0 aromatic heterocycles. The molecule has 0 saturated carbocycles. The maximum atomic E-state index is 12.5. The Bertz CT molecular complexity index is 589. The summed E-state index contributed by atoms with van der Waals surface area (Å²) >= 11 is 0. The van der Waals surface area contributed by atoms with Gasteiger partial charge >= 0.3 is 0 Å². The third-order valence-corrected chi connectivity index (χ3v) is 4.96. The minimum Gasteiger partial charge on any atom is -0.490 e. The summed E-state index contributed by atoms with van der Waals surface area (Å²) in [6.45, 7) is 6.27. The molecule has 2 N–H and O–H groups in total. The van der Waals surface area contributed by atoms with Gasteiger partial charge in [0.1, 0.15) is 0 Å². The molecule has 2 rings (SSSR count). The molecule has 6 nitrogen and oxygen atoms in total. The van der Waals surface area contributed by atoms with Crippen molar-refractivity contribution in [2.45, 2.75) is 37.6 Å². The van der Waals surface area contributed by atoms with Gasteiger partial charge in [0.2, 0.25) is 10.0 Å². The van der Waals surface area contributed by atoms with Crippen molar-refractivity contribution in [3.8, 4) is 11.5 Å². The second-order valence-corrected chi connectivity index (χ2v) is 6.85. The van der Waals surface area contributed by atoms with Crippen molar-refractivity contribution in [1.82, 2.24) is 10.0 Å². The van der Waals surface area contributed by atoms with Crippen LogP contribution in [-0.4, -0.2) is 40.8 Å². The van der Waals surface area contributed by atoms with Crippen LogP contribution in [0.15, 0.2) is 23.1 Å². The van der Waals surface area contributed by atoms with E-state index in [0.717, 1.165) is 19.4 Å². The van der Waals surface area contributed by atoms with Gasteiger partial charge < -0.3 is 14.8 Å². The van der Waals surface area contributed by atoms with Crippen LogP contribution in [0.4, 0.5) is 0 Å². The van der Waals surface area contributed by atoms with Gasteiger partial charge in [-0.15, -0.1) is 12.4 Å². The topological polar surface area (TPSA) is 76.7 Å². The van der Waals surface area contributed by atoms with E-state index in [9.17, 15) is 8.42 Å². The monoisotopic (exact) mass is 364 g/mol. The third-order valence-electron chi connectivity index (χ3n) is 3.44. The van der Waals surface area contributed by atoms with Gasteiger partial charge in [-0.25, -0.2) is 13.1 Å². The fourth-order valence-electron chi connectivity index (χ4n) is 2.44. The van der Waals surface area contributed by atoms with Crippen molar-refractivity contribution in [2.24, 2.45) is 0 Å². The summed E-state index contributed by atoms with van der Waals surface area (Å²) in [5.41, 5.74) is 0. The number of benzene rings is 1. The summed E-state index contributed by atoms with van der Waals surface area (Å²) in [7, 11) is -3.56. The zero-order chi connectivity index (χ0) is 16.0. The van der Waals surface area contributed by atoms with Crippen LogP contribution in [0.25, 0.3) is 0 Å². The Balaban J connectivity index is 0.00000264. The first kappa shape index (κ1) is 20.0. The molecule has 1 aliphatic rings. The molecule has 0 unspecified atom stereocenters. The van der Waals surface area contributed by atoms with Crippen molar-refractivity contribution in [3.05, 3.63) is 18.2 Å². The van der Waals surface area contributed by atoms with Crippen LogP contribution >= 0.6 is 12.4 Å². The fourth-order valence-corrected chi connectivity index (χ4v) is 3.72. The van der Waals surface area contributed by atoms with E-state index >= 15 is 0 Å². The lowest BCUT2D eigenvalue weighted by atomic mass is 10.1. The lowest BCUT2D eigenvalue weighted by Crippen LogP contribution is -2.45. The van der Waals surface area contributed by atoms with Gasteiger partial charge in [0.05, 0.1) is 18.1 Å². The molecule has 1 saturated heterocycles. The number of hydrogen-bond acceptors (Lipinski definition) is 5. The number of piperidine rings is 1. The molecule has 8 heteroatoms. The molecule has 132 valence electrons. The Hall–Kier alpha value is -1.02. The smallest absolute Gasteiger partial charge is 0.241 e. The largest absolute Gasteiger partial charge is 0.490 e. The average molecular weight is 365 g/mol. The van der Waals surface area contributed by atoms with Gasteiger partial charge in [-0.1, -0.05) is 0 Å². The zero-order valence-electron chi connectivity index (χ0n) is 13.5. The molecule has 0 bridgehead atoms. The zero-order valence-corrected chi connectivity index (χ0v) is 15.1. The van der Waals surface area contributed by atoms with Gasteiger partial charge in [0, 0.05) is 18.7 Å². The van der Waals surface area contributed by atoms with Crippen LogP contribution < -0.4 is 19.5 Å². The highest BCUT2D eigenvalue weighted by molar-refractivity contribution is 7.89. The summed E-state index contributed by atoms with van der Waals surface area (Å²) in [6, 6.07) is 4.64. The van der Waals surface area contributed by atoms with Crippen molar-refractivity contribution >= 4 is 22.4 Å². The van der Waals surface area contributed by atoms with Crippen LogP contribution in [0.5, 0.6) is 11.5 Å². The Morgan fingerprint density at radius 3 is 2.52 bits per heavy atom. The molecule has 1 aromatic rings. The van der Waals surface area contributed by atoms with Crippen molar-refractivity contribution < 1.29 is 17.9 Å². The summed E-state index contributed by atoms with van der Waals surface area (Å²) in [4.78, 5) is 0.199. The molecule has 1 atom stereocenters. The summed E-state index contributed by atoms with van der Waals surface area (Å²) in [5.74, 6) is 1.01. The van der Waals surface area contributed by atoms with Gasteiger partial charge in [0.15, 0.2) is 11.5 Å². The molecule has 0 radical (unpaired) electrons. The predicted octanol–water partition coefficient (Wildman–Crippen LogP) is 1.94. The van der Waals surface area contributed by atoms with Gasteiger partial charge in [0.25, 0.3) is 0 Å². The Morgan fingerprint density at radius 2 is 1.91 bits per heavy atom. The van der Waals surface area contributed by atoms with E-state index in [1.807, 2.05) is 13.8 Å². The minimum absolute atomic E-state index is 0. The molecule has 0 aliphatic carbocycles. The van der Waals surface area contributed by atoms with Crippen LogP contribution in [0.2, 0.25) is 0 Å². The molecular formula is C15H25ClN2O4S. The van der Waals surface area contributed by atoms with Crippen LogP contribution in [-0.2, 0) is 10.0 Å². The quantitative estimate of drug-likeness (QED) is 0.773. The lowest BCUT2D eigenvalue weighted by molar-refractivity contribution is 0.287. The third kappa shape index (κ3) is 5.53. The number of hydrogen-bond donors (Lipinski definition) is 2. The van der Waals surface area contributed by atoms with Crippen LogP contribution in [0.3, 0.4) is 0 Å². The summed E-state index contributed by atoms with van der Waals surface area (Å²) in [6.07, 6.45) is 1.82. The van der Waals surface area contributed by atoms with E-state index in [1.165, 1.54) is 6.07 Å². The second-order valence-electron chi connectivity index (χ2n) is 5.14. The van der Waals surface area contributed by atoms with E-state index < -0.39 is 10.0 Å². The Labute approximate surface area is 144 Å². The van der Waals surface area contributed by atoms with E-state index in [0.29, 0.717) is 31.3 Å². The average Bonchev–Trinajstić information content (AvgIpc) is 2.50. The lowest BCUT2D eigenvalue weighted by Gasteiger charge is -2.23. The van der Waals surface area contributed by atoms with Gasteiger partial charge in [-0.05, 0) is 45.4 Å². The van der Waals surface area contributed by atoms with Gasteiger partial charge in [-0.2, -0.15) is 0 Å². The fraction of sp³-hybridized carbons (Fsp3) is 0.600. The molecule has 1 heterocycles. The first-order valence-electron chi connectivity index (χ1n) is 7.69. The molecule has 1 aliphatic heterocycles. The first-order chi connectivity index (χ1) is 10.6. The molecule has 0 spiro atoms. The first-order valence-corrected chi connectivity index (χ1v) is 9.17. The molecule has 1 fully saturated rings. The maximum absolute atomic E-state index is 12.5. The molecule has 0 amide bonds. The van der Waals surface area contributed by atoms with E-state index in [-0.39, 0.29) is 23.3 Å². The summed E-state index contributed by atoms with van der Waals surface area (Å²) in [5, 5.41) is 3.19. The number of halogens is 1. The van der Waals surface area contributed by atoms with E-state index in [4.69, 9.17) is 9.47 Å². The SMILES string of the molecule is CCOc1ccc(S(=O)(=O)N[C@H]2CCCNC2)cc1OCC.Cl. The Morgan fingerprint density at radius 1 is 1.22 bits per heavy atom. The highest BCUT2D eigenvalue weighted by atomic mass is 35.5. The number of nitrogens with one attached hydrogen (secondary N) is 2. The standard InChI is InChI=1S/C15H24N2O4S.ClH/c1-3-20-14-8-7-13(10-15(14)21-4-2)22(18,19)17-12-6-5-9-16-11-12;/h7-8,10,12,16-17H,3-6,9,11H2,1-2H3;1H/t12-;/m0./s1. The number of sulfonamides is 1. The Kier molecular flexibility index (Phi) is 8.11. The maximum Gasteiger partial charge on any atom is 0.241 e. The second kappa shape index (κ2) is 9.32. The molecule has 23 heavy (non-hydrogen) atoms. The van der Waals surface area contributed by atoms with Crippen molar-refractivity contribution in [1.29, 1.82) is 0 Å². The number of rotatable bonds is 7. The molecular weight excluding hydrogens is 340 g/mol. The van der Waals surface area contributed by atoms with E-state index in [1.54, 1.807) is 12.1 Å². The van der Waals surface area contributed by atoms with Gasteiger partial charge in [-0.3, -0.25) is 0 Å². The van der Waals surface area contributed by atoms with Crippen LogP contribution in [0.1, 0.15) is 26.7 Å². The normalized spacial score (nSPS) is 18.1. The highest BCUT2D eigenvalue weighted by Crippen LogP contribution is 2.30. The van der Waals surface area contributed by atoms with Crippen molar-refractivity contribution in [2.75, 3.05) is 26.3 Å². The van der Waals surface area contributed by atoms with Crippen molar-refractivity contribution in [3.63, 3.8) is 0 Å². The number of ether oxygens (including phenoxy) is 2. The summed E-state index contributed by atoms with van der Waals surface area (Å²) < 4.78 is 38.7. The highest BCUT2D eigenvalue weighted by Gasteiger charge is 2.23. The predicted molar refractivity (Wildman–Crippen MR) is 92.2 cm³/mol. The van der Waals surface area contributed by atoms with E-state index in [2.05, 4.69) is 10.0 Å².